The number of alkyl halides is 3. The van der Waals surface area contributed by atoms with Crippen LogP contribution in [-0.4, -0.2) is 52.1 Å². The van der Waals surface area contributed by atoms with E-state index >= 15 is 0 Å². The molecular weight excluding hydrogens is 321 g/mol. The van der Waals surface area contributed by atoms with Crippen molar-refractivity contribution in [1.82, 2.24) is 15.1 Å². The molecule has 126 valence electrons. The molecule has 10 heteroatoms. The molecule has 0 fully saturated rings. The topological polar surface area (TPSA) is 78.4 Å². The number of amides is 2. The number of hydrogen-bond donors (Lipinski definition) is 2. The highest BCUT2D eigenvalue weighted by Gasteiger charge is 2.39. The summed E-state index contributed by atoms with van der Waals surface area (Å²) in [5, 5.41) is 20.1. The monoisotopic (exact) mass is 340 g/mol. The molecule has 0 aromatic carbocycles. The number of anilines is 1. The van der Waals surface area contributed by atoms with Crippen molar-refractivity contribution in [1.29, 1.82) is 0 Å². The first-order chi connectivity index (χ1) is 10.2. The third-order valence-electron chi connectivity index (χ3n) is 3.16. The molecule has 0 saturated heterocycles. The van der Waals surface area contributed by atoms with Crippen molar-refractivity contribution in [2.75, 3.05) is 18.9 Å². The summed E-state index contributed by atoms with van der Waals surface area (Å²) in [6.07, 6.45) is -5.58. The molecule has 0 radical (unpaired) electrons. The van der Waals surface area contributed by atoms with E-state index in [2.05, 4.69) is 15.5 Å². The third-order valence-corrected chi connectivity index (χ3v) is 4.16. The van der Waals surface area contributed by atoms with Gasteiger partial charge in [0.25, 0.3) is 0 Å². The molecular formula is C12H19F3N4O2S. The maximum Gasteiger partial charge on any atom is 0.416 e. The molecule has 1 unspecified atom stereocenters. The van der Waals surface area contributed by atoms with Crippen LogP contribution in [0, 0.1) is 0 Å². The molecule has 1 aromatic heterocycles. The van der Waals surface area contributed by atoms with E-state index in [-0.39, 0.29) is 11.0 Å². The molecule has 6 nitrogen and oxygen atoms in total. The lowest BCUT2D eigenvalue weighted by molar-refractivity contribution is -0.205. The fourth-order valence-corrected chi connectivity index (χ4v) is 2.72. The van der Waals surface area contributed by atoms with Crippen LogP contribution in [0.5, 0.6) is 0 Å². The van der Waals surface area contributed by atoms with E-state index < -0.39 is 24.9 Å². The lowest BCUT2D eigenvalue weighted by atomic mass is 10.1. The van der Waals surface area contributed by atoms with Gasteiger partial charge in [0.1, 0.15) is 5.01 Å². The van der Waals surface area contributed by atoms with Crippen LogP contribution >= 0.6 is 11.3 Å². The highest BCUT2D eigenvalue weighted by Crippen LogP contribution is 2.28. The van der Waals surface area contributed by atoms with Crippen molar-refractivity contribution < 1.29 is 23.1 Å². The number of nitrogens with zero attached hydrogens (tertiary/aromatic N) is 3. The summed E-state index contributed by atoms with van der Waals surface area (Å²) in [6.45, 7) is 3.17. The summed E-state index contributed by atoms with van der Waals surface area (Å²) in [6, 6.07) is -0.782. The normalized spacial score (nSPS) is 13.3. The first-order valence-corrected chi connectivity index (χ1v) is 7.60. The Balaban J connectivity index is 2.61. The van der Waals surface area contributed by atoms with Crippen molar-refractivity contribution in [3.63, 3.8) is 0 Å². The van der Waals surface area contributed by atoms with Gasteiger partial charge in [0, 0.05) is 13.0 Å². The maximum absolute atomic E-state index is 12.2. The highest BCUT2D eigenvalue weighted by atomic mass is 32.1. The molecule has 2 amide bonds. The zero-order valence-corrected chi connectivity index (χ0v) is 13.3. The number of aromatic nitrogens is 2. The van der Waals surface area contributed by atoms with Gasteiger partial charge in [-0.2, -0.15) is 13.2 Å². The summed E-state index contributed by atoms with van der Waals surface area (Å²) >= 11 is 1.19. The number of nitrogens with one attached hydrogen (secondary N) is 1. The molecule has 0 bridgehead atoms. The van der Waals surface area contributed by atoms with Crippen LogP contribution < -0.4 is 5.32 Å². The molecule has 2 N–H and O–H groups in total. The van der Waals surface area contributed by atoms with Crippen LogP contribution in [0.4, 0.5) is 23.1 Å². The van der Waals surface area contributed by atoms with Crippen molar-refractivity contribution in [2.45, 2.75) is 44.9 Å². The van der Waals surface area contributed by atoms with Crippen LogP contribution in [0.3, 0.4) is 0 Å². The Bertz CT molecular complexity index is 491. The summed E-state index contributed by atoms with van der Waals surface area (Å²) in [5.74, 6) is 0.243. The van der Waals surface area contributed by atoms with Gasteiger partial charge < -0.3 is 10.0 Å². The second-order valence-electron chi connectivity index (χ2n) is 4.83. The number of aliphatic hydroxyl groups is 1. The van der Waals surface area contributed by atoms with Crippen molar-refractivity contribution in [2.24, 2.45) is 0 Å². The number of likely N-dealkylation sites (N-methyl/N-ethyl adjacent to an activating group) is 1. The molecule has 1 rings (SSSR count). The van der Waals surface area contributed by atoms with E-state index in [1.54, 1.807) is 0 Å². The van der Waals surface area contributed by atoms with Gasteiger partial charge in [0.15, 0.2) is 6.10 Å². The fraction of sp³-hybridized carbons (Fsp3) is 0.750. The first kappa shape index (κ1) is 18.6. The second kappa shape index (κ2) is 7.73. The number of carbonyl (C=O) groups is 1. The van der Waals surface area contributed by atoms with Gasteiger partial charge in [-0.15, -0.1) is 10.2 Å². The Morgan fingerprint density at radius 3 is 2.45 bits per heavy atom. The number of carbonyl (C=O) groups excluding carboxylic acids is 1. The number of aliphatic hydroxyl groups excluding tert-OH is 1. The fourth-order valence-electron chi connectivity index (χ4n) is 1.72. The van der Waals surface area contributed by atoms with Gasteiger partial charge in [-0.3, -0.25) is 5.32 Å². The van der Waals surface area contributed by atoms with Gasteiger partial charge >= 0.3 is 12.2 Å². The van der Waals surface area contributed by atoms with Crippen LogP contribution in [0.2, 0.25) is 0 Å². The molecule has 0 saturated carbocycles. The third kappa shape index (κ3) is 5.09. The average molecular weight is 340 g/mol. The van der Waals surface area contributed by atoms with Crippen LogP contribution in [0.25, 0.3) is 0 Å². The van der Waals surface area contributed by atoms with E-state index in [9.17, 15) is 18.0 Å². The Hall–Kier alpha value is -1.42. The SMILES string of the molecule is CCC(CC)c1nnc(NC(=O)N(C)CC(O)C(F)(F)F)s1. The van der Waals surface area contributed by atoms with E-state index in [4.69, 9.17) is 5.11 Å². The van der Waals surface area contributed by atoms with Crippen molar-refractivity contribution in [3.05, 3.63) is 5.01 Å². The van der Waals surface area contributed by atoms with Gasteiger partial charge in [-0.05, 0) is 12.8 Å². The van der Waals surface area contributed by atoms with Gasteiger partial charge in [0.2, 0.25) is 5.13 Å². The molecule has 0 aliphatic carbocycles. The quantitative estimate of drug-likeness (QED) is 0.835. The van der Waals surface area contributed by atoms with Crippen LogP contribution in [0.1, 0.15) is 37.6 Å². The Labute approximate surface area is 130 Å². The van der Waals surface area contributed by atoms with Crippen molar-refractivity contribution in [3.8, 4) is 0 Å². The predicted molar refractivity (Wildman–Crippen MR) is 76.9 cm³/mol. The average Bonchev–Trinajstić information content (AvgIpc) is 2.87. The predicted octanol–water partition coefficient (Wildman–Crippen LogP) is 2.83. The number of halogens is 3. The molecule has 0 aliphatic rings. The summed E-state index contributed by atoms with van der Waals surface area (Å²) in [4.78, 5) is 12.5. The van der Waals surface area contributed by atoms with Crippen LogP contribution in [-0.2, 0) is 0 Å². The number of rotatable bonds is 6. The molecule has 0 spiro atoms. The molecule has 1 heterocycles. The smallest absolute Gasteiger partial charge is 0.382 e. The second-order valence-corrected chi connectivity index (χ2v) is 5.84. The van der Waals surface area contributed by atoms with E-state index in [1.807, 2.05) is 13.8 Å². The Morgan fingerprint density at radius 2 is 1.95 bits per heavy atom. The molecule has 0 aliphatic heterocycles. The first-order valence-electron chi connectivity index (χ1n) is 6.79. The Morgan fingerprint density at radius 1 is 1.36 bits per heavy atom. The Kier molecular flexibility index (Phi) is 6.54. The zero-order chi connectivity index (χ0) is 16.9. The number of hydrogen-bond acceptors (Lipinski definition) is 5. The van der Waals surface area contributed by atoms with Gasteiger partial charge in [0.05, 0.1) is 6.54 Å². The molecule has 22 heavy (non-hydrogen) atoms. The molecule has 1 aromatic rings. The highest BCUT2D eigenvalue weighted by molar-refractivity contribution is 7.15. The minimum atomic E-state index is -4.76. The van der Waals surface area contributed by atoms with E-state index in [0.29, 0.717) is 0 Å². The summed E-state index contributed by atoms with van der Waals surface area (Å²) in [7, 11) is 1.16. The number of urea groups is 1. The van der Waals surface area contributed by atoms with Gasteiger partial charge in [-0.25, -0.2) is 4.79 Å². The van der Waals surface area contributed by atoms with Gasteiger partial charge in [-0.1, -0.05) is 25.2 Å². The molecule has 1 atom stereocenters. The van der Waals surface area contributed by atoms with Crippen LogP contribution in [0.15, 0.2) is 0 Å². The maximum atomic E-state index is 12.2. The zero-order valence-electron chi connectivity index (χ0n) is 12.5. The largest absolute Gasteiger partial charge is 0.416 e. The summed E-state index contributed by atoms with van der Waals surface area (Å²) < 4.78 is 36.7. The minimum absolute atomic E-state index is 0.222. The lowest BCUT2D eigenvalue weighted by Gasteiger charge is -2.22. The van der Waals surface area contributed by atoms with E-state index in [0.717, 1.165) is 29.8 Å². The summed E-state index contributed by atoms with van der Waals surface area (Å²) in [5.41, 5.74) is 0. The minimum Gasteiger partial charge on any atom is -0.382 e. The van der Waals surface area contributed by atoms with E-state index in [1.165, 1.54) is 11.3 Å². The van der Waals surface area contributed by atoms with Crippen molar-refractivity contribution >= 4 is 22.5 Å². The standard InChI is InChI=1S/C12H19F3N4O2S/c1-4-7(5-2)9-17-18-10(22-9)16-11(21)19(3)6-8(20)12(13,14)15/h7-8,20H,4-6H2,1-3H3,(H,16,18,21). The lowest BCUT2D eigenvalue weighted by Crippen LogP contribution is -2.43.